The summed E-state index contributed by atoms with van der Waals surface area (Å²) >= 11 is 0. The van der Waals surface area contributed by atoms with E-state index < -0.39 is 18.3 Å². The third-order valence-electron chi connectivity index (χ3n) is 2.26. The summed E-state index contributed by atoms with van der Waals surface area (Å²) in [5, 5.41) is 8.56. The van der Waals surface area contributed by atoms with Gasteiger partial charge in [0.15, 0.2) is 11.6 Å². The summed E-state index contributed by atoms with van der Waals surface area (Å²) in [6, 6.07) is 6.72. The Kier molecular flexibility index (Phi) is 3.74. The molecule has 0 spiro atoms. The number of hydrogen-bond acceptors (Lipinski definition) is 3. The molecule has 3 nitrogen and oxygen atoms in total. The molecule has 2 rings (SSSR count). The molecule has 0 atom stereocenters. The van der Waals surface area contributed by atoms with Crippen molar-refractivity contribution in [3.63, 3.8) is 0 Å². The zero-order chi connectivity index (χ0) is 13.0. The second-order valence-electron chi connectivity index (χ2n) is 3.60. The van der Waals surface area contributed by atoms with Gasteiger partial charge in [-0.25, -0.2) is 18.7 Å². The zero-order valence-corrected chi connectivity index (χ0v) is 9.35. The van der Waals surface area contributed by atoms with Crippen molar-refractivity contribution in [2.75, 3.05) is 6.61 Å². The number of nitrogens with zero attached hydrogens (tertiary/aromatic N) is 2. The monoisotopic (exact) mass is 248 g/mol. The van der Waals surface area contributed by atoms with Crippen molar-refractivity contribution in [1.82, 2.24) is 9.97 Å². The second kappa shape index (κ2) is 5.46. The van der Waals surface area contributed by atoms with Crippen LogP contribution in [0.2, 0.25) is 0 Å². The van der Waals surface area contributed by atoms with Gasteiger partial charge >= 0.3 is 0 Å². The number of hydrogen-bond donors (Lipinski definition) is 1. The predicted molar refractivity (Wildman–Crippen MR) is 63.6 cm³/mol. The molecule has 5 heteroatoms. The molecule has 0 saturated carbocycles. The number of aliphatic hydroxyl groups excluding tert-OH is 1. The molecule has 0 saturated heterocycles. The highest BCUT2D eigenvalue weighted by atomic mass is 19.1. The van der Waals surface area contributed by atoms with Gasteiger partial charge in [-0.05, 0) is 11.6 Å². The van der Waals surface area contributed by atoms with Crippen LogP contribution in [0.1, 0.15) is 5.56 Å². The van der Waals surface area contributed by atoms with Crippen molar-refractivity contribution in [3.8, 4) is 11.4 Å². The molecule has 1 aromatic carbocycles. The smallest absolute Gasteiger partial charge is 0.159 e. The van der Waals surface area contributed by atoms with E-state index in [-0.39, 0.29) is 0 Å². The Morgan fingerprint density at radius 1 is 1.17 bits per heavy atom. The van der Waals surface area contributed by atoms with Crippen LogP contribution >= 0.6 is 0 Å². The molecule has 1 N–H and O–H groups in total. The Labute approximate surface area is 102 Å². The summed E-state index contributed by atoms with van der Waals surface area (Å²) < 4.78 is 25.5. The van der Waals surface area contributed by atoms with Gasteiger partial charge in [-0.15, -0.1) is 0 Å². The second-order valence-corrected chi connectivity index (χ2v) is 3.60. The van der Waals surface area contributed by atoms with E-state index in [1.807, 2.05) is 0 Å². The van der Waals surface area contributed by atoms with Gasteiger partial charge in [0, 0.05) is 5.56 Å². The molecular formula is C13H10F2N2O. The summed E-state index contributed by atoms with van der Waals surface area (Å²) in [6.45, 7) is -0.622. The van der Waals surface area contributed by atoms with Gasteiger partial charge in [0.25, 0.3) is 0 Å². The van der Waals surface area contributed by atoms with Crippen LogP contribution < -0.4 is 0 Å². The summed E-state index contributed by atoms with van der Waals surface area (Å²) in [4.78, 5) is 7.68. The molecule has 92 valence electrons. The molecule has 0 aliphatic rings. The fourth-order valence-corrected chi connectivity index (χ4v) is 1.42. The summed E-state index contributed by atoms with van der Waals surface area (Å²) in [7, 11) is 0. The minimum atomic E-state index is -0.622. The van der Waals surface area contributed by atoms with E-state index in [1.54, 1.807) is 24.3 Å². The average molecular weight is 248 g/mol. The number of benzene rings is 1. The van der Waals surface area contributed by atoms with Crippen LogP contribution in [0, 0.1) is 5.82 Å². The lowest BCUT2D eigenvalue weighted by molar-refractivity contribution is 0.300. The van der Waals surface area contributed by atoms with Gasteiger partial charge in [0.2, 0.25) is 0 Å². The first kappa shape index (κ1) is 12.3. The number of halogens is 2. The highest BCUT2D eigenvalue weighted by molar-refractivity contribution is 5.60. The quantitative estimate of drug-likeness (QED) is 0.908. The average Bonchev–Trinajstić information content (AvgIpc) is 2.40. The van der Waals surface area contributed by atoms with E-state index in [1.165, 1.54) is 6.08 Å². The van der Waals surface area contributed by atoms with Crippen molar-refractivity contribution in [2.45, 2.75) is 0 Å². The maximum atomic E-state index is 12.8. The Morgan fingerprint density at radius 2 is 1.78 bits per heavy atom. The summed E-state index contributed by atoms with van der Waals surface area (Å²) in [5.41, 5.74) is 1.32. The molecule has 0 aliphatic heterocycles. The molecule has 0 fully saturated rings. The molecule has 0 unspecified atom stereocenters. The number of aliphatic hydroxyl groups is 1. The highest BCUT2D eigenvalue weighted by Crippen LogP contribution is 2.16. The van der Waals surface area contributed by atoms with E-state index in [0.29, 0.717) is 17.0 Å². The molecule has 18 heavy (non-hydrogen) atoms. The standard InChI is InChI=1S/C13H10F2N2O/c14-11(8-18)5-9-1-3-10(4-2-9)13-16-6-12(15)7-17-13/h1-7,18H,8H2/b11-5-. The van der Waals surface area contributed by atoms with Gasteiger partial charge in [-0.1, -0.05) is 24.3 Å². The van der Waals surface area contributed by atoms with E-state index >= 15 is 0 Å². The normalized spacial score (nSPS) is 11.6. The molecule has 1 heterocycles. The van der Waals surface area contributed by atoms with E-state index in [9.17, 15) is 8.78 Å². The lowest BCUT2D eigenvalue weighted by atomic mass is 10.1. The lowest BCUT2D eigenvalue weighted by Crippen LogP contribution is -1.89. The largest absolute Gasteiger partial charge is 0.389 e. The molecule has 1 aromatic heterocycles. The molecule has 0 amide bonds. The van der Waals surface area contributed by atoms with E-state index in [0.717, 1.165) is 12.4 Å². The van der Waals surface area contributed by atoms with Crippen molar-refractivity contribution in [1.29, 1.82) is 0 Å². The third-order valence-corrected chi connectivity index (χ3v) is 2.26. The Hall–Kier alpha value is -2.14. The molecule has 0 radical (unpaired) electrons. The van der Waals surface area contributed by atoms with Gasteiger partial charge in [0.1, 0.15) is 5.83 Å². The van der Waals surface area contributed by atoms with Crippen LogP contribution in [0.25, 0.3) is 17.5 Å². The third kappa shape index (κ3) is 2.95. The molecule has 0 aliphatic carbocycles. The first-order valence-corrected chi connectivity index (χ1v) is 5.24. The van der Waals surface area contributed by atoms with Crippen molar-refractivity contribution in [3.05, 3.63) is 53.9 Å². The van der Waals surface area contributed by atoms with Crippen LogP contribution in [0.15, 0.2) is 42.5 Å². The number of rotatable bonds is 3. The molecule has 0 bridgehead atoms. The Balaban J connectivity index is 2.25. The maximum Gasteiger partial charge on any atom is 0.159 e. The van der Waals surface area contributed by atoms with Crippen molar-refractivity contribution in [2.24, 2.45) is 0 Å². The Morgan fingerprint density at radius 3 is 2.33 bits per heavy atom. The van der Waals surface area contributed by atoms with Gasteiger partial charge < -0.3 is 5.11 Å². The minimum Gasteiger partial charge on any atom is -0.389 e. The lowest BCUT2D eigenvalue weighted by Gasteiger charge is -2.00. The topological polar surface area (TPSA) is 46.0 Å². The maximum absolute atomic E-state index is 12.8. The number of aromatic nitrogens is 2. The zero-order valence-electron chi connectivity index (χ0n) is 9.35. The van der Waals surface area contributed by atoms with Gasteiger partial charge in [-0.3, -0.25) is 0 Å². The van der Waals surface area contributed by atoms with Gasteiger partial charge in [-0.2, -0.15) is 0 Å². The van der Waals surface area contributed by atoms with Crippen LogP contribution in [-0.2, 0) is 0 Å². The first-order valence-electron chi connectivity index (χ1n) is 5.24. The Bertz CT molecular complexity index is 550. The predicted octanol–water partition coefficient (Wildman–Crippen LogP) is 2.59. The van der Waals surface area contributed by atoms with Crippen LogP contribution in [0.3, 0.4) is 0 Å². The van der Waals surface area contributed by atoms with E-state index in [2.05, 4.69) is 9.97 Å². The van der Waals surface area contributed by atoms with Gasteiger partial charge in [0.05, 0.1) is 19.0 Å². The molecular weight excluding hydrogens is 238 g/mol. The fraction of sp³-hybridized carbons (Fsp3) is 0.0769. The minimum absolute atomic E-state index is 0.398. The van der Waals surface area contributed by atoms with Crippen molar-refractivity contribution < 1.29 is 13.9 Å². The fourth-order valence-electron chi connectivity index (χ4n) is 1.42. The summed E-state index contributed by atoms with van der Waals surface area (Å²) in [6.07, 6.45) is 3.40. The summed E-state index contributed by atoms with van der Waals surface area (Å²) in [5.74, 6) is -0.710. The van der Waals surface area contributed by atoms with Crippen LogP contribution in [0.5, 0.6) is 0 Å². The first-order chi connectivity index (χ1) is 8.69. The van der Waals surface area contributed by atoms with Crippen LogP contribution in [-0.4, -0.2) is 21.7 Å². The van der Waals surface area contributed by atoms with Crippen molar-refractivity contribution >= 4 is 6.08 Å². The van der Waals surface area contributed by atoms with Crippen LogP contribution in [0.4, 0.5) is 8.78 Å². The highest BCUT2D eigenvalue weighted by Gasteiger charge is 2.01. The molecule has 2 aromatic rings. The SMILES string of the molecule is OC/C(F)=C/c1ccc(-c2ncc(F)cn2)cc1. The van der Waals surface area contributed by atoms with E-state index in [4.69, 9.17) is 5.11 Å².